The lowest BCUT2D eigenvalue weighted by Gasteiger charge is -2.29. The molecule has 0 aromatic carbocycles. The molecule has 2 fully saturated rings. The monoisotopic (exact) mass is 368 g/mol. The predicted molar refractivity (Wildman–Crippen MR) is 91.6 cm³/mol. The summed E-state index contributed by atoms with van der Waals surface area (Å²) >= 11 is 0. The second-order valence-corrected chi connectivity index (χ2v) is 7.47. The van der Waals surface area contributed by atoms with Crippen LogP contribution in [-0.4, -0.2) is 25.9 Å². The molecular weight excluding hydrogens is 345 g/mol. The highest BCUT2D eigenvalue weighted by molar-refractivity contribution is 5.75. The van der Waals surface area contributed by atoms with E-state index in [1.165, 1.54) is 18.9 Å². The summed E-state index contributed by atoms with van der Waals surface area (Å²) in [6.45, 7) is 0. The van der Waals surface area contributed by atoms with Crippen molar-refractivity contribution in [2.75, 3.05) is 5.32 Å². The van der Waals surface area contributed by atoms with E-state index in [0.717, 1.165) is 38.2 Å². The van der Waals surface area contributed by atoms with Crippen LogP contribution in [0.2, 0.25) is 0 Å². The van der Waals surface area contributed by atoms with Crippen molar-refractivity contribution in [3.63, 3.8) is 0 Å². The maximum atomic E-state index is 13.0. The van der Waals surface area contributed by atoms with Crippen LogP contribution in [0.25, 0.3) is 11.2 Å². The molecule has 0 bridgehead atoms. The topological polar surface area (TPSA) is 63.0 Å². The van der Waals surface area contributed by atoms with E-state index in [4.69, 9.17) is 0 Å². The molecule has 8 heteroatoms. The number of alkyl halides is 3. The molecule has 0 saturated heterocycles. The van der Waals surface area contributed by atoms with E-state index in [1.54, 1.807) is 4.57 Å². The average molecular weight is 368 g/mol. The second-order valence-electron chi connectivity index (χ2n) is 7.47. The van der Waals surface area contributed by atoms with Gasteiger partial charge < -0.3 is 10.4 Å². The van der Waals surface area contributed by atoms with Crippen LogP contribution in [0.15, 0.2) is 12.1 Å². The van der Waals surface area contributed by atoms with Crippen molar-refractivity contribution in [1.82, 2.24) is 14.5 Å². The van der Waals surface area contributed by atoms with Gasteiger partial charge in [-0.25, -0.2) is 9.97 Å². The van der Waals surface area contributed by atoms with Gasteiger partial charge in [-0.15, -0.1) is 0 Å². The Morgan fingerprint density at radius 3 is 2.46 bits per heavy atom. The number of nitrogens with zero attached hydrogens (tertiary/aromatic N) is 3. The minimum absolute atomic E-state index is 0.0807. The number of hydrogen-bond acceptors (Lipinski definition) is 4. The minimum atomic E-state index is -4.49. The molecule has 2 heterocycles. The molecule has 2 aliphatic rings. The summed E-state index contributed by atoms with van der Waals surface area (Å²) in [7, 11) is 0. The Labute approximate surface area is 149 Å². The van der Waals surface area contributed by atoms with Gasteiger partial charge in [0.05, 0.1) is 0 Å². The predicted octanol–water partition coefficient (Wildman–Crippen LogP) is 4.49. The molecule has 0 spiro atoms. The van der Waals surface area contributed by atoms with Gasteiger partial charge in [0.2, 0.25) is 5.95 Å². The van der Waals surface area contributed by atoms with Crippen LogP contribution in [0.5, 0.6) is 0 Å². The van der Waals surface area contributed by atoms with E-state index in [0.29, 0.717) is 23.8 Å². The number of anilines is 1. The second kappa shape index (κ2) is 6.72. The highest BCUT2D eigenvalue weighted by Gasteiger charge is 2.34. The zero-order valence-corrected chi connectivity index (χ0v) is 14.5. The molecule has 142 valence electrons. The van der Waals surface area contributed by atoms with Gasteiger partial charge in [-0.2, -0.15) is 13.2 Å². The molecule has 26 heavy (non-hydrogen) atoms. The van der Waals surface area contributed by atoms with Crippen molar-refractivity contribution < 1.29 is 18.3 Å². The number of rotatable bonds is 5. The lowest BCUT2D eigenvalue weighted by molar-refractivity contribution is -0.141. The van der Waals surface area contributed by atoms with Gasteiger partial charge >= 0.3 is 6.18 Å². The molecule has 0 amide bonds. The van der Waals surface area contributed by atoms with E-state index in [2.05, 4.69) is 15.3 Å². The summed E-state index contributed by atoms with van der Waals surface area (Å²) in [6, 6.07) is 2.39. The Morgan fingerprint density at radius 1 is 1.12 bits per heavy atom. The number of imidazole rings is 1. The number of aliphatic hydroxyl groups is 1. The Morgan fingerprint density at radius 2 is 1.85 bits per heavy atom. The van der Waals surface area contributed by atoms with Crippen LogP contribution < -0.4 is 5.32 Å². The van der Waals surface area contributed by atoms with E-state index >= 15 is 0 Å². The van der Waals surface area contributed by atoms with Gasteiger partial charge in [0, 0.05) is 6.04 Å². The number of aliphatic hydroxyl groups excluding tert-OH is 1. The molecule has 2 N–H and O–H groups in total. The van der Waals surface area contributed by atoms with Gasteiger partial charge in [0.25, 0.3) is 0 Å². The first-order chi connectivity index (χ1) is 12.4. The lowest BCUT2D eigenvalue weighted by Crippen LogP contribution is -2.26. The molecule has 2 aromatic rings. The Balaban J connectivity index is 1.64. The summed E-state index contributed by atoms with van der Waals surface area (Å²) < 4.78 is 40.9. The summed E-state index contributed by atoms with van der Waals surface area (Å²) in [5, 5.41) is 13.4. The Hall–Kier alpha value is -1.83. The normalized spacial score (nSPS) is 20.5. The van der Waals surface area contributed by atoms with Gasteiger partial charge in [0.1, 0.15) is 17.4 Å². The third kappa shape index (κ3) is 3.39. The molecule has 4 rings (SSSR count). The maximum Gasteiger partial charge on any atom is 0.433 e. The van der Waals surface area contributed by atoms with Crippen LogP contribution >= 0.6 is 0 Å². The third-order valence-electron chi connectivity index (χ3n) is 5.59. The van der Waals surface area contributed by atoms with E-state index in [9.17, 15) is 18.3 Å². The van der Waals surface area contributed by atoms with Gasteiger partial charge in [0.15, 0.2) is 5.65 Å². The van der Waals surface area contributed by atoms with Gasteiger partial charge in [-0.05, 0) is 43.7 Å². The number of fused-ring (bicyclic) bond motifs is 1. The zero-order chi connectivity index (χ0) is 18.3. The molecule has 2 aliphatic carbocycles. The highest BCUT2D eigenvalue weighted by atomic mass is 19.4. The molecule has 1 unspecified atom stereocenters. The minimum Gasteiger partial charge on any atom is -0.374 e. The van der Waals surface area contributed by atoms with Crippen molar-refractivity contribution in [3.05, 3.63) is 17.8 Å². The van der Waals surface area contributed by atoms with Crippen LogP contribution in [0.4, 0.5) is 19.1 Å². The molecule has 0 radical (unpaired) electrons. The van der Waals surface area contributed by atoms with Crippen LogP contribution in [0.1, 0.15) is 63.1 Å². The van der Waals surface area contributed by atoms with Crippen LogP contribution in [-0.2, 0) is 6.18 Å². The summed E-state index contributed by atoms with van der Waals surface area (Å²) in [5.74, 6) is 0.913. The van der Waals surface area contributed by atoms with Crippen molar-refractivity contribution in [2.24, 2.45) is 5.92 Å². The Kier molecular flexibility index (Phi) is 4.54. The zero-order valence-electron chi connectivity index (χ0n) is 14.5. The number of aromatic nitrogens is 3. The van der Waals surface area contributed by atoms with E-state index < -0.39 is 18.1 Å². The number of pyridine rings is 1. The lowest BCUT2D eigenvalue weighted by atomic mass is 9.93. The van der Waals surface area contributed by atoms with E-state index in [-0.39, 0.29) is 11.7 Å². The Bertz CT molecular complexity index is 779. The van der Waals surface area contributed by atoms with Crippen molar-refractivity contribution in [1.29, 1.82) is 0 Å². The van der Waals surface area contributed by atoms with E-state index in [1.807, 2.05) is 0 Å². The SMILES string of the molecule is OC(CC1CCCC1)Nc1nc2ccc(C(F)(F)F)nc2n1C1CCC1. The van der Waals surface area contributed by atoms with Crippen molar-refractivity contribution in [2.45, 2.75) is 69.8 Å². The first-order valence-corrected chi connectivity index (χ1v) is 9.32. The first-order valence-electron chi connectivity index (χ1n) is 9.32. The number of hydrogen-bond donors (Lipinski definition) is 2. The van der Waals surface area contributed by atoms with Gasteiger partial charge in [-0.3, -0.25) is 4.57 Å². The van der Waals surface area contributed by atoms with Crippen molar-refractivity contribution >= 4 is 17.1 Å². The summed E-state index contributed by atoms with van der Waals surface area (Å²) in [5.41, 5.74) is -0.260. The van der Waals surface area contributed by atoms with Crippen molar-refractivity contribution in [3.8, 4) is 0 Å². The molecule has 0 aliphatic heterocycles. The smallest absolute Gasteiger partial charge is 0.374 e. The number of nitrogens with one attached hydrogen (secondary N) is 1. The third-order valence-corrected chi connectivity index (χ3v) is 5.59. The summed E-state index contributed by atoms with van der Waals surface area (Å²) in [6.07, 6.45) is 2.83. The van der Waals surface area contributed by atoms with Gasteiger partial charge in [-0.1, -0.05) is 25.7 Å². The maximum absolute atomic E-state index is 13.0. The molecule has 2 saturated carbocycles. The fraction of sp³-hybridized carbons (Fsp3) is 0.667. The van der Waals surface area contributed by atoms with Crippen LogP contribution in [0.3, 0.4) is 0 Å². The fourth-order valence-corrected chi connectivity index (χ4v) is 3.99. The largest absolute Gasteiger partial charge is 0.433 e. The molecule has 5 nitrogen and oxygen atoms in total. The number of halogens is 3. The quantitative estimate of drug-likeness (QED) is 0.764. The average Bonchev–Trinajstić information content (AvgIpc) is 3.13. The molecule has 1 atom stereocenters. The first kappa shape index (κ1) is 17.6. The molecular formula is C18H23F3N4O. The van der Waals surface area contributed by atoms with Crippen LogP contribution in [0, 0.1) is 5.92 Å². The fourth-order valence-electron chi connectivity index (χ4n) is 3.99. The summed E-state index contributed by atoms with van der Waals surface area (Å²) in [4.78, 5) is 8.25. The standard InChI is InChI=1S/C18H23F3N4O/c19-18(20,21)14-9-8-13-16(23-14)25(12-6-3-7-12)17(22-13)24-15(26)10-11-4-1-2-5-11/h8-9,11-12,15,26H,1-7,10H2,(H,22,24). The highest BCUT2D eigenvalue weighted by Crippen LogP contribution is 2.38. The molecule has 2 aromatic heterocycles.